The number of nitrogens with one attached hydrogen (secondary N) is 2. The molecule has 7 heteroatoms. The molecule has 2 heterocycles. The van der Waals surface area contributed by atoms with E-state index in [9.17, 15) is 5.11 Å². The Hall–Kier alpha value is -0.890. The van der Waals surface area contributed by atoms with Crippen LogP contribution in [0.15, 0.2) is 4.99 Å². The fraction of sp³-hybridized carbons (Fsp3) is 0.952. The lowest BCUT2D eigenvalue weighted by Gasteiger charge is -2.57. The van der Waals surface area contributed by atoms with E-state index in [1.54, 1.807) is 0 Å². The molecule has 3 N–H and O–H groups in total. The monoisotopic (exact) mass is 394 g/mol. The number of morpholine rings is 1. The zero-order valence-corrected chi connectivity index (χ0v) is 17.6. The number of aliphatic imine (C=N–C) groups is 1. The largest absolute Gasteiger partial charge is 0.387 e. The fourth-order valence-electron chi connectivity index (χ4n) is 5.91. The summed E-state index contributed by atoms with van der Waals surface area (Å²) < 4.78 is 11.5. The molecule has 2 aliphatic carbocycles. The Balaban J connectivity index is 1.39. The summed E-state index contributed by atoms with van der Waals surface area (Å²) in [6.07, 6.45) is 6.75. The summed E-state index contributed by atoms with van der Waals surface area (Å²) in [6, 6.07) is 0.449. The zero-order valence-electron chi connectivity index (χ0n) is 17.6. The van der Waals surface area contributed by atoms with Gasteiger partial charge in [-0.3, -0.25) is 9.89 Å². The molecule has 2 saturated heterocycles. The molecule has 0 amide bonds. The Morgan fingerprint density at radius 1 is 1.25 bits per heavy atom. The maximum Gasteiger partial charge on any atom is 0.191 e. The summed E-state index contributed by atoms with van der Waals surface area (Å²) in [4.78, 5) is 7.05. The topological polar surface area (TPSA) is 78.4 Å². The maximum absolute atomic E-state index is 10.9. The second-order valence-electron chi connectivity index (χ2n) is 9.39. The minimum atomic E-state index is -0.844. The van der Waals surface area contributed by atoms with Gasteiger partial charge in [0.15, 0.2) is 5.96 Å². The number of rotatable bonds is 6. The van der Waals surface area contributed by atoms with Crippen molar-refractivity contribution >= 4 is 5.96 Å². The normalized spacial score (nSPS) is 34.7. The molecule has 4 rings (SSSR count). The van der Waals surface area contributed by atoms with Crippen molar-refractivity contribution in [1.29, 1.82) is 0 Å². The smallest absolute Gasteiger partial charge is 0.191 e. The zero-order chi connectivity index (χ0) is 19.6. The highest BCUT2D eigenvalue weighted by Gasteiger charge is 2.65. The highest BCUT2D eigenvalue weighted by atomic mass is 16.5. The molecule has 2 saturated carbocycles. The molecule has 28 heavy (non-hydrogen) atoms. The molecule has 2 aliphatic heterocycles. The van der Waals surface area contributed by atoms with Gasteiger partial charge < -0.3 is 25.2 Å². The van der Waals surface area contributed by atoms with Crippen LogP contribution in [0.5, 0.6) is 0 Å². The number of β-amino-alcohol motifs (C(OH)–C–C–N with tert-alkyl or cyclic N) is 1. The Morgan fingerprint density at radius 2 is 2.00 bits per heavy atom. The molecule has 0 bridgehead atoms. The van der Waals surface area contributed by atoms with Crippen molar-refractivity contribution in [3.05, 3.63) is 0 Å². The first kappa shape index (κ1) is 20.4. The van der Waals surface area contributed by atoms with Gasteiger partial charge in [0.05, 0.1) is 31.5 Å². The van der Waals surface area contributed by atoms with E-state index in [2.05, 4.69) is 22.5 Å². The Labute approximate surface area is 169 Å². The van der Waals surface area contributed by atoms with Crippen LogP contribution in [0.3, 0.4) is 0 Å². The first-order chi connectivity index (χ1) is 13.5. The molecular formula is C21H38N4O3. The van der Waals surface area contributed by atoms with E-state index in [1.165, 1.54) is 25.7 Å². The van der Waals surface area contributed by atoms with Crippen LogP contribution in [0.2, 0.25) is 0 Å². The van der Waals surface area contributed by atoms with E-state index in [-0.39, 0.29) is 0 Å². The van der Waals surface area contributed by atoms with Gasteiger partial charge in [-0.1, -0.05) is 12.8 Å². The summed E-state index contributed by atoms with van der Waals surface area (Å²) >= 11 is 0. The first-order valence-corrected chi connectivity index (χ1v) is 11.2. The predicted molar refractivity (Wildman–Crippen MR) is 110 cm³/mol. The molecule has 4 fully saturated rings. The van der Waals surface area contributed by atoms with Gasteiger partial charge in [0.25, 0.3) is 0 Å². The van der Waals surface area contributed by atoms with Gasteiger partial charge >= 0.3 is 0 Å². The third-order valence-electron chi connectivity index (χ3n) is 7.17. The quantitative estimate of drug-likeness (QED) is 0.460. The van der Waals surface area contributed by atoms with Crippen molar-refractivity contribution in [1.82, 2.24) is 15.5 Å². The molecule has 7 nitrogen and oxygen atoms in total. The van der Waals surface area contributed by atoms with Gasteiger partial charge in [-0.2, -0.15) is 0 Å². The van der Waals surface area contributed by atoms with Crippen LogP contribution in [-0.2, 0) is 9.47 Å². The number of nitrogens with zero attached hydrogens (tertiary/aromatic N) is 2. The molecule has 0 aromatic heterocycles. The third kappa shape index (κ3) is 4.04. The second kappa shape index (κ2) is 8.46. The van der Waals surface area contributed by atoms with Gasteiger partial charge in [-0.05, 0) is 33.1 Å². The van der Waals surface area contributed by atoms with Crippen LogP contribution in [-0.4, -0.2) is 86.3 Å². The van der Waals surface area contributed by atoms with Crippen LogP contribution in [0.1, 0.15) is 46.0 Å². The van der Waals surface area contributed by atoms with Gasteiger partial charge in [-0.25, -0.2) is 0 Å². The van der Waals surface area contributed by atoms with Crippen molar-refractivity contribution in [3.63, 3.8) is 0 Å². The molecule has 4 aliphatic rings. The van der Waals surface area contributed by atoms with E-state index >= 15 is 0 Å². The van der Waals surface area contributed by atoms with Crippen LogP contribution in [0, 0.1) is 11.3 Å². The van der Waals surface area contributed by atoms with E-state index in [0.717, 1.165) is 51.8 Å². The van der Waals surface area contributed by atoms with Gasteiger partial charge in [0.2, 0.25) is 0 Å². The standard InChI is InChI=1S/C21H38N4O3/c1-3-22-19(23-14-20(2,26)15-25-9-12-27-13-10-25)24-17-16-6-11-28-18(16)21(17)7-4-5-8-21/h16-18,26H,3-15H2,1-2H3,(H2,22,23,24). The molecule has 0 aromatic rings. The number of ether oxygens (including phenoxy) is 2. The average molecular weight is 395 g/mol. The van der Waals surface area contributed by atoms with Crippen LogP contribution < -0.4 is 10.6 Å². The van der Waals surface area contributed by atoms with E-state index < -0.39 is 5.60 Å². The predicted octanol–water partition coefficient (Wildman–Crippen LogP) is 0.972. The Morgan fingerprint density at radius 3 is 2.71 bits per heavy atom. The Bertz CT molecular complexity index is 556. The average Bonchev–Trinajstić information content (AvgIpc) is 3.33. The van der Waals surface area contributed by atoms with Crippen molar-refractivity contribution in [3.8, 4) is 0 Å². The van der Waals surface area contributed by atoms with E-state index in [4.69, 9.17) is 14.5 Å². The maximum atomic E-state index is 10.9. The van der Waals surface area contributed by atoms with Crippen LogP contribution in [0.4, 0.5) is 0 Å². The number of guanidine groups is 1. The van der Waals surface area contributed by atoms with E-state index in [0.29, 0.717) is 36.6 Å². The minimum Gasteiger partial charge on any atom is -0.387 e. The summed E-state index contributed by atoms with van der Waals surface area (Å²) in [5.74, 6) is 1.45. The van der Waals surface area contributed by atoms with Crippen molar-refractivity contribution in [2.24, 2.45) is 16.3 Å². The molecule has 1 spiro atoms. The van der Waals surface area contributed by atoms with Crippen molar-refractivity contribution in [2.45, 2.75) is 63.7 Å². The lowest BCUT2D eigenvalue weighted by atomic mass is 9.54. The fourth-order valence-corrected chi connectivity index (χ4v) is 5.91. The lowest BCUT2D eigenvalue weighted by molar-refractivity contribution is -0.125. The minimum absolute atomic E-state index is 0.299. The summed E-state index contributed by atoms with van der Waals surface area (Å²) in [7, 11) is 0. The molecule has 4 unspecified atom stereocenters. The second-order valence-corrected chi connectivity index (χ2v) is 9.39. The SMILES string of the molecule is CCNC(=NCC(C)(O)CN1CCOCC1)NC1C2CCOC2C12CCCC2. The van der Waals surface area contributed by atoms with Crippen molar-refractivity contribution in [2.75, 3.05) is 52.5 Å². The Kier molecular flexibility index (Phi) is 6.16. The molecule has 4 atom stereocenters. The van der Waals surface area contributed by atoms with Crippen LogP contribution in [0.25, 0.3) is 0 Å². The van der Waals surface area contributed by atoms with Gasteiger partial charge in [0.1, 0.15) is 0 Å². The summed E-state index contributed by atoms with van der Waals surface area (Å²) in [6.45, 7) is 9.98. The first-order valence-electron chi connectivity index (χ1n) is 11.2. The molecule has 0 radical (unpaired) electrons. The van der Waals surface area contributed by atoms with Crippen LogP contribution >= 0.6 is 0 Å². The number of hydrogen-bond donors (Lipinski definition) is 3. The molecule has 0 aromatic carbocycles. The number of aliphatic hydroxyl groups is 1. The molecule has 160 valence electrons. The van der Waals surface area contributed by atoms with Gasteiger partial charge in [0, 0.05) is 50.2 Å². The van der Waals surface area contributed by atoms with E-state index in [1.807, 2.05) is 6.92 Å². The third-order valence-corrected chi connectivity index (χ3v) is 7.17. The van der Waals surface area contributed by atoms with Crippen molar-refractivity contribution < 1.29 is 14.6 Å². The van der Waals surface area contributed by atoms with Gasteiger partial charge in [-0.15, -0.1) is 0 Å². The highest BCUT2D eigenvalue weighted by molar-refractivity contribution is 5.80. The lowest BCUT2D eigenvalue weighted by Crippen LogP contribution is -2.69. The summed E-state index contributed by atoms with van der Waals surface area (Å²) in [5, 5.41) is 18.0. The number of fused-ring (bicyclic) bond motifs is 2. The summed E-state index contributed by atoms with van der Waals surface area (Å²) in [5.41, 5.74) is -0.545. The number of hydrogen-bond acceptors (Lipinski definition) is 5. The highest BCUT2D eigenvalue weighted by Crippen LogP contribution is 2.60. The molecular weight excluding hydrogens is 356 g/mol.